The zero-order chi connectivity index (χ0) is 13.1. The summed E-state index contributed by atoms with van der Waals surface area (Å²) in [5.74, 6) is -0.487. The number of hydrogen-bond donors (Lipinski definition) is 0. The Hall–Kier alpha value is -2.36. The Bertz CT molecular complexity index is 593. The standard InChI is InChI=1S/C14H12NO3/c1-10-6-7-11(12(9-10)14(16)18-2)13-5-3-4-8-15(13)17/h3-9H,1H2,2H3. The molecule has 0 unspecified atom stereocenters. The van der Waals surface area contributed by atoms with Gasteiger partial charge in [0.1, 0.15) is 0 Å². The Morgan fingerprint density at radius 3 is 2.78 bits per heavy atom. The number of aromatic nitrogens is 1. The molecular formula is C14H12NO3. The van der Waals surface area contributed by atoms with E-state index in [2.05, 4.69) is 6.92 Å². The van der Waals surface area contributed by atoms with Gasteiger partial charge in [0.25, 0.3) is 0 Å². The zero-order valence-corrected chi connectivity index (χ0v) is 9.92. The highest BCUT2D eigenvalue weighted by molar-refractivity contribution is 5.96. The lowest BCUT2D eigenvalue weighted by molar-refractivity contribution is -0.593. The summed E-state index contributed by atoms with van der Waals surface area (Å²) in [5, 5.41) is 11.7. The Morgan fingerprint density at radius 2 is 2.11 bits per heavy atom. The Balaban J connectivity index is 2.64. The molecule has 0 saturated carbocycles. The number of rotatable bonds is 2. The van der Waals surface area contributed by atoms with E-state index in [9.17, 15) is 10.0 Å². The molecule has 0 saturated heterocycles. The van der Waals surface area contributed by atoms with E-state index in [1.807, 2.05) is 0 Å². The fourth-order valence-electron chi connectivity index (χ4n) is 1.73. The Labute approximate surface area is 105 Å². The summed E-state index contributed by atoms with van der Waals surface area (Å²) in [5.41, 5.74) is 1.95. The first-order chi connectivity index (χ1) is 8.63. The van der Waals surface area contributed by atoms with Gasteiger partial charge in [0.15, 0.2) is 6.20 Å². The first-order valence-corrected chi connectivity index (χ1v) is 5.36. The number of carbonyl (C=O) groups excluding carboxylic acids is 1. The van der Waals surface area contributed by atoms with Gasteiger partial charge in [0.2, 0.25) is 5.69 Å². The van der Waals surface area contributed by atoms with Crippen LogP contribution in [-0.4, -0.2) is 13.1 Å². The maximum absolute atomic E-state index is 11.7. The first kappa shape index (κ1) is 12.1. The number of methoxy groups -OCH3 is 1. The van der Waals surface area contributed by atoms with E-state index in [4.69, 9.17) is 4.74 Å². The molecule has 18 heavy (non-hydrogen) atoms. The second kappa shape index (κ2) is 4.87. The zero-order valence-electron chi connectivity index (χ0n) is 9.92. The Morgan fingerprint density at radius 1 is 1.33 bits per heavy atom. The normalized spacial score (nSPS) is 10.1. The molecule has 1 radical (unpaired) electrons. The average Bonchev–Trinajstić information content (AvgIpc) is 2.39. The minimum absolute atomic E-state index is 0.334. The second-order valence-corrected chi connectivity index (χ2v) is 3.78. The summed E-state index contributed by atoms with van der Waals surface area (Å²) in [6.45, 7) is 3.76. The Kier molecular flexibility index (Phi) is 3.28. The third kappa shape index (κ3) is 2.18. The monoisotopic (exact) mass is 242 g/mol. The molecule has 0 fully saturated rings. The summed E-state index contributed by atoms with van der Waals surface area (Å²) in [4.78, 5) is 11.7. The van der Waals surface area contributed by atoms with Crippen LogP contribution in [0.3, 0.4) is 0 Å². The number of nitrogens with zero attached hydrogens (tertiary/aromatic N) is 1. The van der Waals surface area contributed by atoms with Crippen molar-refractivity contribution in [3.63, 3.8) is 0 Å². The highest BCUT2D eigenvalue weighted by Crippen LogP contribution is 2.22. The van der Waals surface area contributed by atoms with Crippen LogP contribution >= 0.6 is 0 Å². The molecule has 1 aromatic carbocycles. The van der Waals surface area contributed by atoms with E-state index in [1.54, 1.807) is 36.4 Å². The molecule has 91 valence electrons. The molecule has 0 amide bonds. The van der Waals surface area contributed by atoms with E-state index < -0.39 is 5.97 Å². The van der Waals surface area contributed by atoms with Crippen LogP contribution in [0.2, 0.25) is 0 Å². The number of benzene rings is 1. The predicted octanol–water partition coefficient (Wildman–Crippen LogP) is 1.96. The molecule has 1 aromatic heterocycles. The lowest BCUT2D eigenvalue weighted by Gasteiger charge is -2.09. The van der Waals surface area contributed by atoms with Crippen LogP contribution in [0.15, 0.2) is 42.6 Å². The summed E-state index contributed by atoms with van der Waals surface area (Å²) in [7, 11) is 1.30. The third-order valence-electron chi connectivity index (χ3n) is 2.59. The highest BCUT2D eigenvalue weighted by Gasteiger charge is 2.18. The van der Waals surface area contributed by atoms with Crippen LogP contribution < -0.4 is 4.73 Å². The smallest absolute Gasteiger partial charge is 0.338 e. The summed E-state index contributed by atoms with van der Waals surface area (Å²) < 4.78 is 5.43. The number of hydrogen-bond acceptors (Lipinski definition) is 3. The van der Waals surface area contributed by atoms with Crippen molar-refractivity contribution in [2.45, 2.75) is 0 Å². The van der Waals surface area contributed by atoms with Gasteiger partial charge in [0, 0.05) is 12.1 Å². The number of esters is 1. The molecule has 0 N–H and O–H groups in total. The van der Waals surface area contributed by atoms with Gasteiger partial charge >= 0.3 is 5.97 Å². The minimum atomic E-state index is -0.487. The number of ether oxygens (including phenoxy) is 1. The summed E-state index contributed by atoms with van der Waals surface area (Å²) in [6.07, 6.45) is 1.38. The topological polar surface area (TPSA) is 53.2 Å². The molecule has 0 bridgehead atoms. The maximum Gasteiger partial charge on any atom is 0.338 e. The molecule has 4 nitrogen and oxygen atoms in total. The second-order valence-electron chi connectivity index (χ2n) is 3.78. The average molecular weight is 242 g/mol. The van der Waals surface area contributed by atoms with Gasteiger partial charge in [-0.1, -0.05) is 6.07 Å². The van der Waals surface area contributed by atoms with Crippen molar-refractivity contribution >= 4 is 5.97 Å². The van der Waals surface area contributed by atoms with Gasteiger partial charge in [-0.3, -0.25) is 0 Å². The molecule has 2 aromatic rings. The lowest BCUT2D eigenvalue weighted by Crippen LogP contribution is -2.28. The fraction of sp³-hybridized carbons (Fsp3) is 0.0714. The lowest BCUT2D eigenvalue weighted by atomic mass is 10.0. The molecule has 0 aliphatic rings. The van der Waals surface area contributed by atoms with Gasteiger partial charge in [-0.2, -0.15) is 4.73 Å². The maximum atomic E-state index is 11.7. The molecule has 0 aliphatic carbocycles. The van der Waals surface area contributed by atoms with Crippen molar-refractivity contribution in [1.82, 2.24) is 0 Å². The van der Waals surface area contributed by atoms with Crippen molar-refractivity contribution in [1.29, 1.82) is 0 Å². The van der Waals surface area contributed by atoms with Crippen molar-refractivity contribution in [3.05, 3.63) is 65.9 Å². The molecular weight excluding hydrogens is 230 g/mol. The third-order valence-corrected chi connectivity index (χ3v) is 2.59. The van der Waals surface area contributed by atoms with Crippen LogP contribution in [-0.2, 0) is 4.74 Å². The van der Waals surface area contributed by atoms with Crippen molar-refractivity contribution in [2.24, 2.45) is 0 Å². The largest absolute Gasteiger partial charge is 0.618 e. The molecule has 1 heterocycles. The number of carbonyl (C=O) groups is 1. The van der Waals surface area contributed by atoms with Crippen molar-refractivity contribution in [2.75, 3.05) is 7.11 Å². The quantitative estimate of drug-likeness (QED) is 0.459. The van der Waals surface area contributed by atoms with Crippen molar-refractivity contribution in [3.8, 4) is 11.3 Å². The van der Waals surface area contributed by atoms with E-state index in [-0.39, 0.29) is 0 Å². The SMILES string of the molecule is [CH2]c1ccc(-c2cccc[n+]2[O-])c(C(=O)OC)c1. The van der Waals surface area contributed by atoms with Crippen LogP contribution in [0.25, 0.3) is 11.3 Å². The molecule has 0 atom stereocenters. The molecule has 0 spiro atoms. The van der Waals surface area contributed by atoms with Gasteiger partial charge < -0.3 is 9.94 Å². The van der Waals surface area contributed by atoms with Gasteiger partial charge in [-0.25, -0.2) is 4.79 Å². The minimum Gasteiger partial charge on any atom is -0.618 e. The van der Waals surface area contributed by atoms with E-state index in [0.29, 0.717) is 27.1 Å². The van der Waals surface area contributed by atoms with Gasteiger partial charge in [0.05, 0.1) is 18.2 Å². The fourth-order valence-corrected chi connectivity index (χ4v) is 1.73. The summed E-state index contributed by atoms with van der Waals surface area (Å²) >= 11 is 0. The predicted molar refractivity (Wildman–Crippen MR) is 66.6 cm³/mol. The first-order valence-electron chi connectivity index (χ1n) is 5.36. The summed E-state index contributed by atoms with van der Waals surface area (Å²) in [6, 6.07) is 10.1. The van der Waals surface area contributed by atoms with Crippen LogP contribution in [0.1, 0.15) is 15.9 Å². The molecule has 2 rings (SSSR count). The van der Waals surface area contributed by atoms with Crippen LogP contribution in [0, 0.1) is 12.1 Å². The van der Waals surface area contributed by atoms with Gasteiger partial charge in [-0.05, 0) is 30.7 Å². The highest BCUT2D eigenvalue weighted by atomic mass is 16.5. The molecule has 0 aliphatic heterocycles. The van der Waals surface area contributed by atoms with Crippen LogP contribution in [0.5, 0.6) is 0 Å². The number of pyridine rings is 1. The van der Waals surface area contributed by atoms with E-state index >= 15 is 0 Å². The van der Waals surface area contributed by atoms with Gasteiger partial charge in [-0.15, -0.1) is 0 Å². The van der Waals surface area contributed by atoms with Crippen LogP contribution in [0.4, 0.5) is 0 Å². The van der Waals surface area contributed by atoms with E-state index in [1.165, 1.54) is 13.3 Å². The molecule has 4 heteroatoms. The van der Waals surface area contributed by atoms with Crippen molar-refractivity contribution < 1.29 is 14.3 Å². The van der Waals surface area contributed by atoms with E-state index in [0.717, 1.165) is 0 Å².